The lowest BCUT2D eigenvalue weighted by molar-refractivity contribution is -0.117. The van der Waals surface area contributed by atoms with Crippen LogP contribution in [0.4, 0.5) is 0 Å². The first-order chi connectivity index (χ1) is 5.83. The highest BCUT2D eigenvalue weighted by atomic mass is 16.1. The van der Waals surface area contributed by atoms with E-state index >= 15 is 0 Å². The highest BCUT2D eigenvalue weighted by molar-refractivity contribution is 5.87. The Balaban J connectivity index is 2.29. The van der Waals surface area contributed by atoms with Crippen LogP contribution < -0.4 is 5.32 Å². The fourth-order valence-corrected chi connectivity index (χ4v) is 1.58. The van der Waals surface area contributed by atoms with Crippen molar-refractivity contribution in [1.29, 1.82) is 0 Å². The van der Waals surface area contributed by atoms with Gasteiger partial charge in [0, 0.05) is 12.1 Å². The van der Waals surface area contributed by atoms with Crippen molar-refractivity contribution < 1.29 is 4.79 Å². The van der Waals surface area contributed by atoms with Crippen molar-refractivity contribution >= 4 is 5.91 Å². The molecule has 1 aliphatic carbocycles. The normalized spacial score (nSPS) is 18.0. The molecule has 0 saturated heterocycles. The van der Waals surface area contributed by atoms with E-state index in [1.54, 1.807) is 0 Å². The Morgan fingerprint density at radius 2 is 2.08 bits per heavy atom. The molecule has 0 heterocycles. The first-order valence-corrected chi connectivity index (χ1v) is 4.49. The zero-order chi connectivity index (χ0) is 8.81. The van der Waals surface area contributed by atoms with E-state index in [1.165, 1.54) is 25.3 Å². The molecule has 2 heteroatoms. The number of carbonyl (C=O) groups excluding carboxylic acids is 1. The number of hydrogen-bond acceptors (Lipinski definition) is 1. The molecule has 0 aliphatic heterocycles. The molecule has 0 unspecified atom stereocenters. The standard InChI is InChI=1S/C10H15NO/c1-2-6-10(12)11-9-7-4-3-5-8-9/h6,9H,1,3-5,7-8H2,(H,11,12). The Kier molecular flexibility index (Phi) is 3.62. The van der Waals surface area contributed by atoms with Gasteiger partial charge in [-0.3, -0.25) is 4.79 Å². The summed E-state index contributed by atoms with van der Waals surface area (Å²) in [7, 11) is 0. The zero-order valence-electron chi connectivity index (χ0n) is 7.31. The molecule has 0 spiro atoms. The van der Waals surface area contributed by atoms with Gasteiger partial charge >= 0.3 is 0 Å². The minimum atomic E-state index is -0.0584. The lowest BCUT2D eigenvalue weighted by Gasteiger charge is -2.21. The van der Waals surface area contributed by atoms with E-state index in [1.807, 2.05) is 0 Å². The van der Waals surface area contributed by atoms with Gasteiger partial charge in [-0.2, -0.15) is 0 Å². The van der Waals surface area contributed by atoms with Gasteiger partial charge in [0.05, 0.1) is 0 Å². The van der Waals surface area contributed by atoms with Crippen LogP contribution in [0.2, 0.25) is 0 Å². The molecule has 1 fully saturated rings. The number of rotatable bonds is 2. The number of amides is 1. The monoisotopic (exact) mass is 165 g/mol. The largest absolute Gasteiger partial charge is 0.349 e. The second kappa shape index (κ2) is 4.78. The minimum absolute atomic E-state index is 0.0584. The quantitative estimate of drug-likeness (QED) is 0.490. The van der Waals surface area contributed by atoms with Gasteiger partial charge in [0.1, 0.15) is 0 Å². The van der Waals surface area contributed by atoms with Gasteiger partial charge in [0.2, 0.25) is 0 Å². The van der Waals surface area contributed by atoms with Crippen LogP contribution >= 0.6 is 0 Å². The molecular weight excluding hydrogens is 150 g/mol. The van der Waals surface area contributed by atoms with Crippen LogP contribution in [0.3, 0.4) is 0 Å². The van der Waals surface area contributed by atoms with Crippen LogP contribution in [0.15, 0.2) is 18.4 Å². The Bertz CT molecular complexity index is 198. The third-order valence-corrected chi connectivity index (χ3v) is 2.18. The van der Waals surface area contributed by atoms with E-state index < -0.39 is 0 Å². The first-order valence-electron chi connectivity index (χ1n) is 4.49. The van der Waals surface area contributed by atoms with Gasteiger partial charge in [-0.25, -0.2) is 0 Å². The van der Waals surface area contributed by atoms with Crippen LogP contribution in [0, 0.1) is 0 Å². The smallest absolute Gasteiger partial charge is 0.251 e. The van der Waals surface area contributed by atoms with Crippen molar-refractivity contribution in [2.24, 2.45) is 0 Å². The molecule has 1 saturated carbocycles. The van der Waals surface area contributed by atoms with Crippen molar-refractivity contribution in [3.63, 3.8) is 0 Å². The molecule has 66 valence electrons. The predicted octanol–water partition coefficient (Wildman–Crippen LogP) is 1.78. The Hall–Kier alpha value is -1.01. The number of carbonyl (C=O) groups is 1. The average molecular weight is 165 g/mol. The molecular formula is C10H15NO. The van der Waals surface area contributed by atoms with Crippen molar-refractivity contribution in [3.05, 3.63) is 18.4 Å². The van der Waals surface area contributed by atoms with Crippen LogP contribution in [0.5, 0.6) is 0 Å². The number of hydrogen-bond donors (Lipinski definition) is 1. The summed E-state index contributed by atoms with van der Waals surface area (Å²) < 4.78 is 0. The summed E-state index contributed by atoms with van der Waals surface area (Å²) in [5.74, 6) is -0.0584. The third-order valence-electron chi connectivity index (χ3n) is 2.18. The molecule has 1 amide bonds. The highest BCUT2D eigenvalue weighted by Crippen LogP contribution is 2.17. The van der Waals surface area contributed by atoms with Crippen LogP contribution in [-0.4, -0.2) is 11.9 Å². The second-order valence-electron chi connectivity index (χ2n) is 3.19. The highest BCUT2D eigenvalue weighted by Gasteiger charge is 2.13. The van der Waals surface area contributed by atoms with Gasteiger partial charge < -0.3 is 5.32 Å². The molecule has 12 heavy (non-hydrogen) atoms. The van der Waals surface area contributed by atoms with Crippen LogP contribution in [0.1, 0.15) is 32.1 Å². The summed E-state index contributed by atoms with van der Waals surface area (Å²) >= 11 is 0. The van der Waals surface area contributed by atoms with E-state index in [4.69, 9.17) is 0 Å². The molecule has 1 N–H and O–H groups in total. The van der Waals surface area contributed by atoms with Crippen molar-refractivity contribution in [2.45, 2.75) is 38.1 Å². The van der Waals surface area contributed by atoms with Gasteiger partial charge in [0.25, 0.3) is 5.91 Å². The maximum absolute atomic E-state index is 11.0. The van der Waals surface area contributed by atoms with Gasteiger partial charge in [-0.05, 0) is 12.8 Å². The lowest BCUT2D eigenvalue weighted by Crippen LogP contribution is -2.34. The summed E-state index contributed by atoms with van der Waals surface area (Å²) in [6.07, 6.45) is 7.39. The van der Waals surface area contributed by atoms with Crippen LogP contribution in [0.25, 0.3) is 0 Å². The Labute approximate surface area is 73.4 Å². The van der Waals surface area contributed by atoms with Gasteiger partial charge in [-0.15, -0.1) is 5.73 Å². The van der Waals surface area contributed by atoms with Gasteiger partial charge in [-0.1, -0.05) is 25.8 Å². The summed E-state index contributed by atoms with van der Waals surface area (Å²) in [6.45, 7) is 3.35. The molecule has 0 aromatic rings. The summed E-state index contributed by atoms with van der Waals surface area (Å²) in [5.41, 5.74) is 2.47. The molecule has 2 nitrogen and oxygen atoms in total. The molecule has 0 bridgehead atoms. The Morgan fingerprint density at radius 1 is 1.42 bits per heavy atom. The molecule has 1 aliphatic rings. The SMILES string of the molecule is C=C=CC(=O)NC1CCCCC1. The average Bonchev–Trinajstić information content (AvgIpc) is 2.06. The van der Waals surface area contributed by atoms with E-state index in [0.29, 0.717) is 6.04 Å². The van der Waals surface area contributed by atoms with Crippen LogP contribution in [-0.2, 0) is 4.79 Å². The molecule has 0 aromatic carbocycles. The molecule has 0 radical (unpaired) electrons. The molecule has 0 atom stereocenters. The van der Waals surface area contributed by atoms with E-state index in [0.717, 1.165) is 12.8 Å². The van der Waals surface area contributed by atoms with E-state index in [2.05, 4.69) is 17.6 Å². The number of nitrogens with one attached hydrogen (secondary N) is 1. The predicted molar refractivity (Wildman–Crippen MR) is 48.7 cm³/mol. The topological polar surface area (TPSA) is 29.1 Å². The summed E-state index contributed by atoms with van der Waals surface area (Å²) in [6, 6.07) is 0.385. The second-order valence-corrected chi connectivity index (χ2v) is 3.19. The van der Waals surface area contributed by atoms with Crippen molar-refractivity contribution in [1.82, 2.24) is 5.32 Å². The first kappa shape index (κ1) is 9.08. The summed E-state index contributed by atoms with van der Waals surface area (Å²) in [4.78, 5) is 11.0. The van der Waals surface area contributed by atoms with E-state index in [-0.39, 0.29) is 5.91 Å². The zero-order valence-corrected chi connectivity index (χ0v) is 7.31. The molecule has 1 rings (SSSR count). The van der Waals surface area contributed by atoms with Crippen molar-refractivity contribution in [2.75, 3.05) is 0 Å². The minimum Gasteiger partial charge on any atom is -0.349 e. The fraction of sp³-hybridized carbons (Fsp3) is 0.600. The maximum atomic E-state index is 11.0. The van der Waals surface area contributed by atoms with Crippen molar-refractivity contribution in [3.8, 4) is 0 Å². The van der Waals surface area contributed by atoms with Gasteiger partial charge in [0.15, 0.2) is 0 Å². The summed E-state index contributed by atoms with van der Waals surface area (Å²) in [5, 5.41) is 2.92. The fourth-order valence-electron chi connectivity index (χ4n) is 1.58. The maximum Gasteiger partial charge on any atom is 0.251 e. The van der Waals surface area contributed by atoms with E-state index in [9.17, 15) is 4.79 Å². The lowest BCUT2D eigenvalue weighted by atomic mass is 9.95. The Morgan fingerprint density at radius 3 is 2.67 bits per heavy atom. The molecule has 0 aromatic heterocycles. The third kappa shape index (κ3) is 2.93.